The molecule has 1 heterocycles. The molecule has 0 radical (unpaired) electrons. The van der Waals surface area contributed by atoms with Crippen LogP contribution in [0.1, 0.15) is 32.1 Å². The van der Waals surface area contributed by atoms with Crippen LogP contribution in [0.25, 0.3) is 0 Å². The van der Waals surface area contributed by atoms with E-state index in [4.69, 9.17) is 0 Å². The number of nitrogens with one attached hydrogen (secondary N) is 2. The van der Waals surface area contributed by atoms with Crippen molar-refractivity contribution in [3.8, 4) is 0 Å². The first kappa shape index (κ1) is 13.3. The average Bonchev–Trinajstić information content (AvgIpc) is 2.38. The van der Waals surface area contributed by atoms with Gasteiger partial charge in [-0.1, -0.05) is 19.3 Å². The van der Waals surface area contributed by atoms with E-state index in [-0.39, 0.29) is 5.91 Å². The van der Waals surface area contributed by atoms with Crippen molar-refractivity contribution < 1.29 is 4.79 Å². The molecule has 0 unspecified atom stereocenters. The quantitative estimate of drug-likeness (QED) is 0.899. The molecule has 98 valence electrons. The second kappa shape index (κ2) is 6.73. The number of anilines is 1. The summed E-state index contributed by atoms with van der Waals surface area (Å²) in [6.45, 7) is 0.300. The monoisotopic (exact) mass is 311 g/mol. The Morgan fingerprint density at radius 1 is 1.33 bits per heavy atom. The van der Waals surface area contributed by atoms with Crippen LogP contribution in [0.2, 0.25) is 0 Å². The number of pyridine rings is 1. The Bertz CT molecular complexity index is 405. The molecule has 2 N–H and O–H groups in total. The van der Waals surface area contributed by atoms with Gasteiger partial charge in [0, 0.05) is 16.7 Å². The average molecular weight is 312 g/mol. The van der Waals surface area contributed by atoms with Crippen molar-refractivity contribution in [2.24, 2.45) is 0 Å². The molecule has 0 spiro atoms. The molecular weight excluding hydrogens is 294 g/mol. The van der Waals surface area contributed by atoms with Gasteiger partial charge in [-0.25, -0.2) is 0 Å². The van der Waals surface area contributed by atoms with Crippen LogP contribution in [-0.2, 0) is 4.79 Å². The third-order valence-electron chi connectivity index (χ3n) is 3.13. The predicted octanol–water partition coefficient (Wildman–Crippen LogP) is 2.70. The number of hydrogen-bond acceptors (Lipinski definition) is 3. The maximum Gasteiger partial charge on any atom is 0.239 e. The molecule has 5 heteroatoms. The number of amides is 1. The lowest BCUT2D eigenvalue weighted by Crippen LogP contribution is -2.39. The van der Waals surface area contributed by atoms with E-state index in [1.807, 2.05) is 6.07 Å². The summed E-state index contributed by atoms with van der Waals surface area (Å²) >= 11 is 3.35. The lowest BCUT2D eigenvalue weighted by atomic mass is 9.95. The van der Waals surface area contributed by atoms with Gasteiger partial charge in [0.2, 0.25) is 5.91 Å². The van der Waals surface area contributed by atoms with Crippen molar-refractivity contribution in [2.45, 2.75) is 38.1 Å². The Kier molecular flexibility index (Phi) is 4.99. The second-order valence-electron chi connectivity index (χ2n) is 4.65. The summed E-state index contributed by atoms with van der Waals surface area (Å²) in [5.41, 5.74) is 0.850. The number of halogens is 1. The van der Waals surface area contributed by atoms with Crippen LogP contribution in [0.3, 0.4) is 0 Å². The maximum atomic E-state index is 11.8. The molecule has 0 atom stereocenters. The summed E-state index contributed by atoms with van der Waals surface area (Å²) < 4.78 is 0.903. The van der Waals surface area contributed by atoms with E-state index < -0.39 is 0 Å². The third kappa shape index (κ3) is 4.29. The zero-order valence-electron chi connectivity index (χ0n) is 10.3. The van der Waals surface area contributed by atoms with Gasteiger partial charge in [0.1, 0.15) is 0 Å². The van der Waals surface area contributed by atoms with E-state index >= 15 is 0 Å². The smallest absolute Gasteiger partial charge is 0.239 e. The van der Waals surface area contributed by atoms with Crippen molar-refractivity contribution in [1.82, 2.24) is 10.3 Å². The molecule has 0 saturated heterocycles. The van der Waals surface area contributed by atoms with Crippen molar-refractivity contribution in [2.75, 3.05) is 11.9 Å². The van der Waals surface area contributed by atoms with Crippen molar-refractivity contribution in [1.29, 1.82) is 0 Å². The van der Waals surface area contributed by atoms with Gasteiger partial charge >= 0.3 is 0 Å². The van der Waals surface area contributed by atoms with Crippen LogP contribution in [0.4, 0.5) is 5.69 Å². The minimum Gasteiger partial charge on any atom is -0.375 e. The molecule has 18 heavy (non-hydrogen) atoms. The molecular formula is C13H18BrN3O. The lowest BCUT2D eigenvalue weighted by molar-refractivity contribution is -0.120. The molecule has 1 aliphatic rings. The molecule has 4 nitrogen and oxygen atoms in total. The van der Waals surface area contributed by atoms with E-state index in [9.17, 15) is 4.79 Å². The Morgan fingerprint density at radius 3 is 2.83 bits per heavy atom. The van der Waals surface area contributed by atoms with Gasteiger partial charge in [0.15, 0.2) is 0 Å². The standard InChI is InChI=1S/C13H18BrN3O/c14-10-6-12(8-15-7-10)16-9-13(18)17-11-4-2-1-3-5-11/h6-8,11,16H,1-5,9H2,(H,17,18). The molecule has 1 saturated carbocycles. The lowest BCUT2D eigenvalue weighted by Gasteiger charge is -2.22. The Hall–Kier alpha value is -1.10. The predicted molar refractivity (Wildman–Crippen MR) is 75.4 cm³/mol. The summed E-state index contributed by atoms with van der Waals surface area (Å²) in [6.07, 6.45) is 9.41. The van der Waals surface area contributed by atoms with Crippen LogP contribution < -0.4 is 10.6 Å². The first-order valence-corrected chi connectivity index (χ1v) is 7.17. The molecule has 0 bridgehead atoms. The zero-order chi connectivity index (χ0) is 12.8. The van der Waals surface area contributed by atoms with Crippen molar-refractivity contribution in [3.05, 3.63) is 22.9 Å². The van der Waals surface area contributed by atoms with Gasteiger partial charge in [-0.15, -0.1) is 0 Å². The van der Waals surface area contributed by atoms with Gasteiger partial charge in [-0.05, 0) is 34.8 Å². The van der Waals surface area contributed by atoms with E-state index in [1.165, 1.54) is 19.3 Å². The molecule has 1 fully saturated rings. The SMILES string of the molecule is O=C(CNc1cncc(Br)c1)NC1CCCCC1. The van der Waals surface area contributed by atoms with E-state index in [1.54, 1.807) is 12.4 Å². The number of hydrogen-bond donors (Lipinski definition) is 2. The van der Waals surface area contributed by atoms with E-state index in [0.717, 1.165) is 23.0 Å². The van der Waals surface area contributed by atoms with E-state index in [2.05, 4.69) is 31.5 Å². The molecule has 2 rings (SSSR count). The number of carbonyl (C=O) groups is 1. The Labute approximate surface area is 116 Å². The van der Waals surface area contributed by atoms with Crippen LogP contribution in [0.5, 0.6) is 0 Å². The van der Waals surface area contributed by atoms with Crippen LogP contribution in [-0.4, -0.2) is 23.5 Å². The minimum absolute atomic E-state index is 0.0573. The number of carbonyl (C=O) groups excluding carboxylic acids is 1. The fraction of sp³-hybridized carbons (Fsp3) is 0.538. The number of nitrogens with zero attached hydrogens (tertiary/aromatic N) is 1. The van der Waals surface area contributed by atoms with Gasteiger partial charge in [-0.2, -0.15) is 0 Å². The fourth-order valence-electron chi connectivity index (χ4n) is 2.22. The third-order valence-corrected chi connectivity index (χ3v) is 3.56. The zero-order valence-corrected chi connectivity index (χ0v) is 11.9. The summed E-state index contributed by atoms with van der Waals surface area (Å²) in [4.78, 5) is 15.8. The van der Waals surface area contributed by atoms with Crippen LogP contribution >= 0.6 is 15.9 Å². The topological polar surface area (TPSA) is 54.0 Å². The highest BCUT2D eigenvalue weighted by Gasteiger charge is 2.15. The van der Waals surface area contributed by atoms with Crippen LogP contribution in [0.15, 0.2) is 22.9 Å². The van der Waals surface area contributed by atoms with Gasteiger partial charge in [-0.3, -0.25) is 9.78 Å². The van der Waals surface area contributed by atoms with Gasteiger partial charge in [0.05, 0.1) is 18.4 Å². The minimum atomic E-state index is 0.0573. The Morgan fingerprint density at radius 2 is 2.11 bits per heavy atom. The first-order valence-electron chi connectivity index (χ1n) is 6.38. The van der Waals surface area contributed by atoms with Crippen LogP contribution in [0, 0.1) is 0 Å². The molecule has 1 aliphatic carbocycles. The van der Waals surface area contributed by atoms with Gasteiger partial charge in [0.25, 0.3) is 0 Å². The number of aromatic nitrogens is 1. The van der Waals surface area contributed by atoms with Crippen molar-refractivity contribution in [3.63, 3.8) is 0 Å². The molecule has 0 aromatic carbocycles. The molecule has 0 aliphatic heterocycles. The first-order chi connectivity index (χ1) is 8.74. The summed E-state index contributed by atoms with van der Waals surface area (Å²) in [5, 5.41) is 6.14. The largest absolute Gasteiger partial charge is 0.375 e. The van der Waals surface area contributed by atoms with Gasteiger partial charge < -0.3 is 10.6 Å². The highest BCUT2D eigenvalue weighted by molar-refractivity contribution is 9.10. The number of rotatable bonds is 4. The molecule has 1 amide bonds. The maximum absolute atomic E-state index is 11.8. The summed E-state index contributed by atoms with van der Waals surface area (Å²) in [5.74, 6) is 0.0573. The molecule has 1 aromatic heterocycles. The van der Waals surface area contributed by atoms with E-state index in [0.29, 0.717) is 12.6 Å². The highest BCUT2D eigenvalue weighted by atomic mass is 79.9. The second-order valence-corrected chi connectivity index (χ2v) is 5.56. The summed E-state index contributed by atoms with van der Waals surface area (Å²) in [6, 6.07) is 2.27. The highest BCUT2D eigenvalue weighted by Crippen LogP contribution is 2.17. The Balaban J connectivity index is 1.74. The normalized spacial score (nSPS) is 16.3. The van der Waals surface area contributed by atoms with Crippen molar-refractivity contribution >= 4 is 27.5 Å². The molecule has 1 aromatic rings. The summed E-state index contributed by atoms with van der Waals surface area (Å²) in [7, 11) is 0. The fourth-order valence-corrected chi connectivity index (χ4v) is 2.58.